The van der Waals surface area contributed by atoms with Gasteiger partial charge in [-0.15, -0.1) is 11.8 Å². The molecule has 0 aliphatic rings. The van der Waals surface area contributed by atoms with Crippen LogP contribution in [0.15, 0.2) is 29.2 Å². The van der Waals surface area contributed by atoms with Gasteiger partial charge in [-0.2, -0.15) is 0 Å². The van der Waals surface area contributed by atoms with Gasteiger partial charge in [-0.05, 0) is 38.4 Å². The standard InChI is InChI=1S/C15H26N2OS/c1-5-19-15-9-7-6-8-14(15)12(2)16-10-13(18)11-17(3)4/h6-9,12-13,16,18H,5,10-11H2,1-4H3. The van der Waals surface area contributed by atoms with Crippen LogP contribution < -0.4 is 5.32 Å². The number of aliphatic hydroxyl groups is 1. The molecule has 4 heteroatoms. The van der Waals surface area contributed by atoms with Crippen molar-refractivity contribution in [3.8, 4) is 0 Å². The predicted molar refractivity (Wildman–Crippen MR) is 83.8 cm³/mol. The third-order valence-electron chi connectivity index (χ3n) is 2.92. The van der Waals surface area contributed by atoms with E-state index in [0.717, 1.165) is 5.75 Å². The van der Waals surface area contributed by atoms with E-state index in [1.54, 1.807) is 0 Å². The van der Waals surface area contributed by atoms with E-state index in [0.29, 0.717) is 13.1 Å². The summed E-state index contributed by atoms with van der Waals surface area (Å²) in [4.78, 5) is 3.32. The van der Waals surface area contributed by atoms with E-state index in [2.05, 4.69) is 43.4 Å². The number of hydrogen-bond donors (Lipinski definition) is 2. The monoisotopic (exact) mass is 282 g/mol. The smallest absolute Gasteiger partial charge is 0.0791 e. The van der Waals surface area contributed by atoms with E-state index in [1.807, 2.05) is 30.8 Å². The fourth-order valence-corrected chi connectivity index (χ4v) is 2.93. The summed E-state index contributed by atoms with van der Waals surface area (Å²) in [6.07, 6.45) is -0.330. The third kappa shape index (κ3) is 5.95. The fraction of sp³-hybridized carbons (Fsp3) is 0.600. The molecule has 0 fully saturated rings. The summed E-state index contributed by atoms with van der Waals surface area (Å²) in [5, 5.41) is 13.3. The molecule has 2 unspecified atom stereocenters. The topological polar surface area (TPSA) is 35.5 Å². The Morgan fingerprint density at radius 2 is 2.00 bits per heavy atom. The zero-order chi connectivity index (χ0) is 14.3. The summed E-state index contributed by atoms with van der Waals surface area (Å²) < 4.78 is 0. The summed E-state index contributed by atoms with van der Waals surface area (Å²) in [7, 11) is 3.94. The molecule has 0 aromatic heterocycles. The Labute approximate surface area is 121 Å². The molecule has 0 amide bonds. The normalized spacial score (nSPS) is 14.6. The van der Waals surface area contributed by atoms with Gasteiger partial charge in [0.05, 0.1) is 6.10 Å². The first-order valence-electron chi connectivity index (χ1n) is 6.82. The van der Waals surface area contributed by atoms with Crippen LogP contribution in [0.4, 0.5) is 0 Å². The number of nitrogens with zero attached hydrogens (tertiary/aromatic N) is 1. The summed E-state index contributed by atoms with van der Waals surface area (Å²) in [5.74, 6) is 1.08. The van der Waals surface area contributed by atoms with E-state index < -0.39 is 0 Å². The molecule has 0 heterocycles. The molecule has 1 aromatic rings. The number of nitrogens with one attached hydrogen (secondary N) is 1. The van der Waals surface area contributed by atoms with Gasteiger partial charge in [-0.1, -0.05) is 25.1 Å². The van der Waals surface area contributed by atoms with Crippen molar-refractivity contribution >= 4 is 11.8 Å². The zero-order valence-corrected chi connectivity index (χ0v) is 13.2. The quantitative estimate of drug-likeness (QED) is 0.718. The zero-order valence-electron chi connectivity index (χ0n) is 12.4. The lowest BCUT2D eigenvalue weighted by Crippen LogP contribution is -2.36. The van der Waals surface area contributed by atoms with Gasteiger partial charge in [0, 0.05) is 24.0 Å². The minimum absolute atomic E-state index is 0.257. The lowest BCUT2D eigenvalue weighted by Gasteiger charge is -2.21. The predicted octanol–water partition coefficient (Wildman–Crippen LogP) is 2.37. The van der Waals surface area contributed by atoms with Crippen molar-refractivity contribution in [2.45, 2.75) is 30.9 Å². The molecule has 1 aromatic carbocycles. The molecule has 3 nitrogen and oxygen atoms in total. The molecule has 0 bridgehead atoms. The Bertz CT molecular complexity index is 371. The molecular weight excluding hydrogens is 256 g/mol. The van der Waals surface area contributed by atoms with Crippen LogP contribution in [-0.4, -0.2) is 49.0 Å². The molecule has 0 saturated heterocycles. The van der Waals surface area contributed by atoms with Crippen LogP contribution in [0, 0.1) is 0 Å². The van der Waals surface area contributed by atoms with Crippen LogP contribution in [0.1, 0.15) is 25.5 Å². The minimum Gasteiger partial charge on any atom is -0.390 e. The Hall–Kier alpha value is -0.550. The summed E-state index contributed by atoms with van der Waals surface area (Å²) in [6, 6.07) is 8.73. The van der Waals surface area contributed by atoms with Gasteiger partial charge in [-0.3, -0.25) is 0 Å². The molecule has 19 heavy (non-hydrogen) atoms. The number of aliphatic hydroxyl groups excluding tert-OH is 1. The number of thioether (sulfide) groups is 1. The number of benzene rings is 1. The Balaban J connectivity index is 2.55. The molecular formula is C15H26N2OS. The highest BCUT2D eigenvalue weighted by molar-refractivity contribution is 7.99. The van der Waals surface area contributed by atoms with Crippen molar-refractivity contribution in [2.75, 3.05) is 32.9 Å². The molecule has 0 aliphatic carbocycles. The van der Waals surface area contributed by atoms with Crippen molar-refractivity contribution in [3.63, 3.8) is 0 Å². The Kier molecular flexibility index (Phi) is 7.46. The Morgan fingerprint density at radius 1 is 1.32 bits per heavy atom. The maximum atomic E-state index is 9.88. The van der Waals surface area contributed by atoms with Gasteiger partial charge in [0.25, 0.3) is 0 Å². The second-order valence-corrected chi connectivity index (χ2v) is 6.32. The molecule has 2 atom stereocenters. The van der Waals surface area contributed by atoms with Crippen molar-refractivity contribution in [2.24, 2.45) is 0 Å². The van der Waals surface area contributed by atoms with E-state index in [-0.39, 0.29) is 12.1 Å². The number of rotatable bonds is 8. The summed E-state index contributed by atoms with van der Waals surface area (Å²) in [6.45, 7) is 5.62. The van der Waals surface area contributed by atoms with Crippen molar-refractivity contribution < 1.29 is 5.11 Å². The fourth-order valence-electron chi connectivity index (χ4n) is 2.03. The van der Waals surface area contributed by atoms with Crippen LogP contribution in [0.5, 0.6) is 0 Å². The third-order valence-corrected chi connectivity index (χ3v) is 3.89. The molecule has 0 aliphatic heterocycles. The highest BCUT2D eigenvalue weighted by atomic mass is 32.2. The van der Waals surface area contributed by atoms with Crippen LogP contribution in [0.3, 0.4) is 0 Å². The highest BCUT2D eigenvalue weighted by Crippen LogP contribution is 2.26. The largest absolute Gasteiger partial charge is 0.390 e. The maximum absolute atomic E-state index is 9.88. The van der Waals surface area contributed by atoms with Gasteiger partial charge in [0.15, 0.2) is 0 Å². The SMILES string of the molecule is CCSc1ccccc1C(C)NCC(O)CN(C)C. The molecule has 108 valence electrons. The van der Waals surface area contributed by atoms with Gasteiger partial charge in [0.1, 0.15) is 0 Å². The summed E-state index contributed by atoms with van der Waals surface area (Å²) >= 11 is 1.86. The van der Waals surface area contributed by atoms with Crippen LogP contribution in [0.2, 0.25) is 0 Å². The van der Waals surface area contributed by atoms with E-state index in [1.165, 1.54) is 10.5 Å². The van der Waals surface area contributed by atoms with Gasteiger partial charge >= 0.3 is 0 Å². The van der Waals surface area contributed by atoms with Gasteiger partial charge in [-0.25, -0.2) is 0 Å². The molecule has 1 rings (SSSR count). The molecule has 0 spiro atoms. The van der Waals surface area contributed by atoms with Crippen molar-refractivity contribution in [3.05, 3.63) is 29.8 Å². The molecule has 0 radical (unpaired) electrons. The lowest BCUT2D eigenvalue weighted by atomic mass is 10.1. The van der Waals surface area contributed by atoms with Crippen LogP contribution in [0.25, 0.3) is 0 Å². The van der Waals surface area contributed by atoms with E-state index >= 15 is 0 Å². The number of likely N-dealkylation sites (N-methyl/N-ethyl adjacent to an activating group) is 1. The van der Waals surface area contributed by atoms with Gasteiger partial charge < -0.3 is 15.3 Å². The highest BCUT2D eigenvalue weighted by Gasteiger charge is 2.12. The van der Waals surface area contributed by atoms with Crippen LogP contribution >= 0.6 is 11.8 Å². The average Bonchev–Trinajstić information content (AvgIpc) is 2.36. The first-order valence-corrected chi connectivity index (χ1v) is 7.81. The second kappa shape index (κ2) is 8.59. The average molecular weight is 282 g/mol. The molecule has 2 N–H and O–H groups in total. The van der Waals surface area contributed by atoms with Crippen LogP contribution in [-0.2, 0) is 0 Å². The summed E-state index contributed by atoms with van der Waals surface area (Å²) in [5.41, 5.74) is 1.31. The number of hydrogen-bond acceptors (Lipinski definition) is 4. The second-order valence-electron chi connectivity index (χ2n) is 5.02. The Morgan fingerprint density at radius 3 is 2.63 bits per heavy atom. The van der Waals surface area contributed by atoms with E-state index in [4.69, 9.17) is 0 Å². The lowest BCUT2D eigenvalue weighted by molar-refractivity contribution is 0.132. The maximum Gasteiger partial charge on any atom is 0.0791 e. The van der Waals surface area contributed by atoms with Crippen molar-refractivity contribution in [1.82, 2.24) is 10.2 Å². The molecule has 0 saturated carbocycles. The van der Waals surface area contributed by atoms with Crippen molar-refractivity contribution in [1.29, 1.82) is 0 Å². The first-order chi connectivity index (χ1) is 9.04. The minimum atomic E-state index is -0.330. The first kappa shape index (κ1) is 16.5. The van der Waals surface area contributed by atoms with Gasteiger partial charge in [0.2, 0.25) is 0 Å². The van der Waals surface area contributed by atoms with E-state index in [9.17, 15) is 5.11 Å².